The van der Waals surface area contributed by atoms with E-state index < -0.39 is 168 Å². The van der Waals surface area contributed by atoms with E-state index in [1.807, 2.05) is 41.5 Å². The molecule has 0 fully saturated rings. The van der Waals surface area contributed by atoms with Gasteiger partial charge in [-0.25, -0.2) is 0 Å². The summed E-state index contributed by atoms with van der Waals surface area (Å²) in [5, 5.41) is 40.6. The number of aliphatic hydroxyl groups excluding tert-OH is 1. The fourth-order valence-electron chi connectivity index (χ4n) is 10.8. The predicted octanol–water partition coefficient (Wildman–Crippen LogP) is -1.34. The number of nitrogens with two attached hydrogens (primary N) is 7. The minimum atomic E-state index is -1.69. The Balaban J connectivity index is 6.97. The lowest BCUT2D eigenvalue weighted by molar-refractivity contribution is -0.137. The molecule has 0 aliphatic heterocycles. The van der Waals surface area contributed by atoms with Crippen molar-refractivity contribution in [3.63, 3.8) is 0 Å². The molecule has 0 aliphatic rings. The van der Waals surface area contributed by atoms with E-state index in [1.54, 1.807) is 41.5 Å². The molecule has 0 bridgehead atoms. The van der Waals surface area contributed by atoms with Crippen LogP contribution >= 0.6 is 0 Å². The second kappa shape index (κ2) is 51.5. The van der Waals surface area contributed by atoms with Gasteiger partial charge in [-0.2, -0.15) is 0 Å². The van der Waals surface area contributed by atoms with Crippen LogP contribution in [0.5, 0.6) is 0 Å². The molecule has 0 aromatic heterocycles. The Labute approximate surface area is 588 Å². The number of amides is 12. The van der Waals surface area contributed by atoms with Gasteiger partial charge in [-0.05, 0) is 177 Å². The molecule has 0 aliphatic carbocycles. The molecule has 0 spiro atoms. The number of carbonyl (C=O) groups excluding carboxylic acids is 12. The average Bonchev–Trinajstić information content (AvgIpc) is 0.862. The smallest absolute Gasteiger partial charge is 0.245 e. The fraction of sp³-hybridized carbons (Fsp3) is 0.824. The lowest BCUT2D eigenvalue weighted by Gasteiger charge is -2.31. The number of nitrogens with one attached hydrogen (secondary N) is 11. The quantitative estimate of drug-likeness (QED) is 0.0313. The number of rotatable bonds is 55. The molecule has 0 saturated carbocycles. The van der Waals surface area contributed by atoms with Crippen molar-refractivity contribution in [2.45, 2.75) is 284 Å². The maximum absolute atomic E-state index is 14.6. The first-order valence-corrected chi connectivity index (χ1v) is 36.3. The molecular weight excluding hydrogens is 1280 g/mol. The lowest BCUT2D eigenvalue weighted by atomic mass is 9.95. The Kier molecular flexibility index (Phi) is 48.0. The van der Waals surface area contributed by atoms with Gasteiger partial charge in [0.1, 0.15) is 66.5 Å². The molecule has 31 heteroatoms. The van der Waals surface area contributed by atoms with Crippen LogP contribution in [0.1, 0.15) is 212 Å². The number of hydrogen-bond acceptors (Lipinski definition) is 19. The van der Waals surface area contributed by atoms with Gasteiger partial charge in [0.2, 0.25) is 70.9 Å². The Morgan fingerprint density at radius 1 is 0.303 bits per heavy atom. The third-order valence-corrected chi connectivity index (χ3v) is 17.8. The first-order valence-electron chi connectivity index (χ1n) is 36.3. The van der Waals surface area contributed by atoms with Gasteiger partial charge in [0.25, 0.3) is 0 Å². The van der Waals surface area contributed by atoms with Crippen molar-refractivity contribution in [1.29, 1.82) is 0 Å². The predicted molar refractivity (Wildman–Crippen MR) is 382 cm³/mol. The zero-order valence-corrected chi connectivity index (χ0v) is 61.7. The SMILES string of the molecule is CC[C@H](C)[C@H](N)C(=O)N[C@@H](CCCCN)C(=O)N[C@@H](CCCCN)C(=O)N[C@H](C(=O)N[C@H](C(=O)N[C@@H](CO)C(=O)N[C@@H](CCCCN)C(=O)N[C@H](C(=O)N[C@@H](CCCCN)C(=O)N[C@@H](CCCCN)C(=O)N[C@@H](CC(C)C)C(=O)N[C@@H](CC(C)C)C(N)=O)[C@@H](C)CC)C(C)C)[C@@H](C)CC. The molecule has 0 aromatic carbocycles. The highest BCUT2D eigenvalue weighted by atomic mass is 16.3. The number of aliphatic hydroxyl groups is 1. The largest absolute Gasteiger partial charge is 0.394 e. The Morgan fingerprint density at radius 3 is 0.848 bits per heavy atom. The molecule has 0 rings (SSSR count). The summed E-state index contributed by atoms with van der Waals surface area (Å²) in [5.74, 6) is -11.0. The summed E-state index contributed by atoms with van der Waals surface area (Å²) in [6.07, 6.45) is 6.68. The maximum Gasteiger partial charge on any atom is 0.245 e. The van der Waals surface area contributed by atoms with Crippen LogP contribution in [0.15, 0.2) is 0 Å². The van der Waals surface area contributed by atoms with Crippen molar-refractivity contribution in [2.75, 3.05) is 39.3 Å². The van der Waals surface area contributed by atoms with Crippen LogP contribution in [0.4, 0.5) is 0 Å². The van der Waals surface area contributed by atoms with Crippen LogP contribution in [0.2, 0.25) is 0 Å². The summed E-state index contributed by atoms with van der Waals surface area (Å²) in [6.45, 7) is 21.9. The van der Waals surface area contributed by atoms with E-state index in [2.05, 4.69) is 58.5 Å². The van der Waals surface area contributed by atoms with E-state index in [4.69, 9.17) is 40.1 Å². The van der Waals surface area contributed by atoms with Gasteiger partial charge >= 0.3 is 0 Å². The van der Waals surface area contributed by atoms with E-state index in [0.29, 0.717) is 96.6 Å². The normalized spacial score (nSPS) is 16.1. The van der Waals surface area contributed by atoms with Gasteiger partial charge in [-0.3, -0.25) is 57.5 Å². The molecule has 12 amide bonds. The highest BCUT2D eigenvalue weighted by Crippen LogP contribution is 2.17. The number of carbonyl (C=O) groups is 12. The van der Waals surface area contributed by atoms with E-state index in [0.717, 1.165) is 0 Å². The van der Waals surface area contributed by atoms with Gasteiger partial charge in [0.05, 0.1) is 12.6 Å². The van der Waals surface area contributed by atoms with Gasteiger partial charge in [0.15, 0.2) is 0 Å². The molecule has 26 N–H and O–H groups in total. The molecule has 0 aromatic rings. The lowest BCUT2D eigenvalue weighted by Crippen LogP contribution is -2.62. The Hall–Kier alpha value is -6.64. The van der Waals surface area contributed by atoms with Crippen molar-refractivity contribution in [3.05, 3.63) is 0 Å². The van der Waals surface area contributed by atoms with Gasteiger partial charge in [-0.1, -0.05) is 102 Å². The summed E-state index contributed by atoms with van der Waals surface area (Å²) in [7, 11) is 0. The fourth-order valence-corrected chi connectivity index (χ4v) is 10.8. The molecular formula is C68H132N18O13. The number of unbranched alkanes of at least 4 members (excludes halogenated alkanes) is 5. The second-order valence-electron chi connectivity index (χ2n) is 27.6. The van der Waals surface area contributed by atoms with Gasteiger partial charge in [-0.15, -0.1) is 0 Å². The zero-order chi connectivity index (χ0) is 75.5. The Morgan fingerprint density at radius 2 is 0.545 bits per heavy atom. The van der Waals surface area contributed by atoms with Crippen LogP contribution in [0.25, 0.3) is 0 Å². The van der Waals surface area contributed by atoms with E-state index >= 15 is 0 Å². The second-order valence-corrected chi connectivity index (χ2v) is 27.6. The highest BCUT2D eigenvalue weighted by Gasteiger charge is 2.39. The van der Waals surface area contributed by atoms with Crippen molar-refractivity contribution in [1.82, 2.24) is 58.5 Å². The van der Waals surface area contributed by atoms with Crippen molar-refractivity contribution in [3.8, 4) is 0 Å². The number of hydrogen-bond donors (Lipinski definition) is 19. The number of primary amides is 1. The van der Waals surface area contributed by atoms with Crippen LogP contribution in [-0.4, -0.2) is 188 Å². The minimum Gasteiger partial charge on any atom is -0.394 e. The third kappa shape index (κ3) is 36.0. The molecule has 31 nitrogen and oxygen atoms in total. The Bertz CT molecular complexity index is 2460. The van der Waals surface area contributed by atoms with Crippen LogP contribution < -0.4 is 98.6 Å². The minimum absolute atomic E-state index is 0.00655. The van der Waals surface area contributed by atoms with E-state index in [9.17, 15) is 62.6 Å². The summed E-state index contributed by atoms with van der Waals surface area (Å²) >= 11 is 0. The third-order valence-electron chi connectivity index (χ3n) is 17.8. The van der Waals surface area contributed by atoms with E-state index in [-0.39, 0.29) is 82.3 Å². The molecule has 0 unspecified atom stereocenters. The first-order chi connectivity index (χ1) is 46.8. The topological polar surface area (TPSA) is 540 Å². The molecule has 0 saturated heterocycles. The summed E-state index contributed by atoms with van der Waals surface area (Å²) in [6, 6.07) is -14.7. The molecule has 0 radical (unpaired) electrons. The highest BCUT2D eigenvalue weighted by molar-refractivity contribution is 5.99. The molecule has 99 heavy (non-hydrogen) atoms. The van der Waals surface area contributed by atoms with Crippen molar-refractivity contribution < 1.29 is 62.6 Å². The van der Waals surface area contributed by atoms with Crippen LogP contribution in [0, 0.1) is 35.5 Å². The molecule has 15 atom stereocenters. The maximum atomic E-state index is 14.6. The van der Waals surface area contributed by atoms with Crippen molar-refractivity contribution >= 4 is 70.9 Å². The first kappa shape index (κ1) is 92.4. The molecule has 0 heterocycles. The standard InChI is InChI=1S/C68H132N18O13/c1-13-42(10)53(74)65(96)79-46(27-17-22-32-70)58(89)77-48(29-19-24-34-72)61(92)86-56(44(12)15-3)68(99)84-54(41(8)9)66(97)83-52(38-87)64(95)78-49(30-20-25-35-73)62(93)85-55(43(11)14-2)67(98)80-47(28-18-23-33-71)59(90)76-45(26-16-21-31-69)60(91)82-51(37-40(6)7)63(94)81-50(57(75)88)36-39(4)5/h39-56,87H,13-38,69-74H2,1-12H3,(H2,75,88)(H,76,90)(H,77,89)(H,78,95)(H,79,96)(H,80,98)(H,81,94)(H,82,91)(H,83,97)(H,84,99)(H,85,93)(H,86,92)/t42-,43-,44-,45-,46-,47-,48-,49-,50-,51-,52-,53-,54-,55-,56-/m0/s1. The van der Waals surface area contributed by atoms with Crippen molar-refractivity contribution in [2.24, 2.45) is 75.6 Å². The van der Waals surface area contributed by atoms with Gasteiger partial charge < -0.3 is 104 Å². The van der Waals surface area contributed by atoms with Crippen LogP contribution in [0.3, 0.4) is 0 Å². The van der Waals surface area contributed by atoms with E-state index in [1.165, 1.54) is 0 Å². The average molecular weight is 1410 g/mol. The zero-order valence-electron chi connectivity index (χ0n) is 61.7. The summed E-state index contributed by atoms with van der Waals surface area (Å²) in [4.78, 5) is 168. The summed E-state index contributed by atoms with van der Waals surface area (Å²) < 4.78 is 0. The molecule has 572 valence electrons. The summed E-state index contributed by atoms with van der Waals surface area (Å²) in [5.41, 5.74) is 40.9. The monoisotopic (exact) mass is 1410 g/mol. The van der Waals surface area contributed by atoms with Gasteiger partial charge in [0, 0.05) is 0 Å². The van der Waals surface area contributed by atoms with Crippen LogP contribution in [-0.2, 0) is 57.5 Å².